The average molecular weight is 1770 g/mol. The van der Waals surface area contributed by atoms with E-state index in [1.54, 1.807) is 12.5 Å². The number of furan rings is 1. The Morgan fingerprint density at radius 1 is 0.416 bits per heavy atom. The lowest BCUT2D eigenvalue weighted by atomic mass is 9.63. The first-order valence-corrected chi connectivity index (χ1v) is 46.6. The zero-order chi connectivity index (χ0) is 94.9. The molecular formula is C98H162O27. The molecule has 0 aromatic carbocycles. The lowest BCUT2D eigenvalue weighted by molar-refractivity contribution is -0.193. The molecule has 125 heavy (non-hydrogen) atoms. The number of carbonyl (C=O) groups excluding carboxylic acids is 8. The molecule has 11 unspecified atom stereocenters. The molecule has 2 heterocycles. The molecule has 716 valence electrons. The maximum atomic E-state index is 10.8. The molecule has 1 aliphatic heterocycles. The fourth-order valence-corrected chi connectivity index (χ4v) is 15.3. The Morgan fingerprint density at radius 3 is 1.09 bits per heavy atom. The summed E-state index contributed by atoms with van der Waals surface area (Å²) in [7, 11) is 0. The largest absolute Gasteiger partial charge is 0.481 e. The third-order valence-electron chi connectivity index (χ3n) is 22.0. The number of allylic oxidation sites excluding steroid dienone is 9. The quantitative estimate of drug-likeness (QED) is 0.0166. The van der Waals surface area contributed by atoms with Crippen LogP contribution in [0.25, 0.3) is 0 Å². The summed E-state index contributed by atoms with van der Waals surface area (Å²) in [6.07, 6.45) is 76.2. The van der Waals surface area contributed by atoms with Gasteiger partial charge in [-0.1, -0.05) is 288 Å². The number of hydrogen-bond donors (Lipinski definition) is 9. The standard InChI is InChI=1S/C35H62O4.C34H56O4.C9H18O2.C6H8O4.C5H4O3.C3H6O2.C3H8O2.3CO2/c1-3-5-7-16-22-30-28-29-31(23-17-12-11-15-21-27-35(38)39)33(32(30)24-18-8-6-4-2)25-19-13-9-10-14-20-26-34(36)37;1-3-5-6-13-18-27-23-24-30-25-28(19-14-9-7-11-16-21-33(35)36)29(26-32(30)31(27)4-2)20-15-10-8-12-17-22-34(37)38;1-2-3-4-5-6-7-8-9(10)11;1-3-5(7)10-4(2)6(8)9-3;6-5(7)4-2-1-3-8-4;1-2-3(4)5;4-2-1-3-5;3*2-1-3/h19,25,28-33H,3-18,20-24,26-27H2,1-2H3,(H,36,37)(H,38,39);4,23-24,26-31H,2-3,5-22,25H2,1H3,(H,35,36)(H,37,38);2-8H2,1H3,(H,10,11);3-4H,1-2H3;1-3H,(H,6,7);2H2,1H3,(H,4,5);4-5H,1-3H2;;;/b25-19+;;;;;;;;;. The smallest absolute Gasteiger partial charge is 0.373 e. The Morgan fingerprint density at radius 2 is 0.744 bits per heavy atom. The van der Waals surface area contributed by atoms with Crippen LogP contribution >= 0.6 is 0 Å². The highest BCUT2D eigenvalue weighted by Gasteiger charge is 2.37. The fourth-order valence-electron chi connectivity index (χ4n) is 15.3. The second-order valence-electron chi connectivity index (χ2n) is 32.3. The highest BCUT2D eigenvalue weighted by molar-refractivity contribution is 5.87. The van der Waals surface area contributed by atoms with Gasteiger partial charge in [0.05, 0.1) is 6.26 Å². The molecule has 27 nitrogen and oxygen atoms in total. The summed E-state index contributed by atoms with van der Waals surface area (Å²) >= 11 is 0. The molecule has 0 radical (unpaired) electrons. The molecule has 3 aliphatic carbocycles. The van der Waals surface area contributed by atoms with Crippen molar-refractivity contribution < 1.29 is 132 Å². The third kappa shape index (κ3) is 78.5. The fraction of sp³-hybridized carbons (Fsp3) is 0.735. The van der Waals surface area contributed by atoms with E-state index in [9.17, 15) is 43.2 Å². The maximum absolute atomic E-state index is 10.8. The van der Waals surface area contributed by atoms with Crippen LogP contribution in [0.15, 0.2) is 83.6 Å². The summed E-state index contributed by atoms with van der Waals surface area (Å²) in [5, 5.41) is 75.4. The van der Waals surface area contributed by atoms with E-state index in [1.807, 2.05) is 0 Å². The van der Waals surface area contributed by atoms with E-state index in [1.165, 1.54) is 218 Å². The highest BCUT2D eigenvalue weighted by atomic mass is 16.6. The Labute approximate surface area is 746 Å². The molecular weight excluding hydrogens is 1610 g/mol. The van der Waals surface area contributed by atoms with Crippen molar-refractivity contribution in [3.05, 3.63) is 84.9 Å². The summed E-state index contributed by atoms with van der Waals surface area (Å²) in [5.74, 6) is -0.402. The van der Waals surface area contributed by atoms with Gasteiger partial charge in [0.2, 0.25) is 5.76 Å². The van der Waals surface area contributed by atoms with E-state index >= 15 is 0 Å². The number of aromatic carboxylic acids is 1. The second kappa shape index (κ2) is 91.5. The lowest BCUT2D eigenvalue weighted by Crippen LogP contribution is -2.40. The van der Waals surface area contributed by atoms with Gasteiger partial charge >= 0.3 is 72.2 Å². The predicted molar refractivity (Wildman–Crippen MR) is 477 cm³/mol. The summed E-state index contributed by atoms with van der Waals surface area (Å²) < 4.78 is 13.7. The van der Waals surface area contributed by atoms with Gasteiger partial charge in [-0.15, -0.1) is 6.58 Å². The van der Waals surface area contributed by atoms with Crippen molar-refractivity contribution in [3.8, 4) is 0 Å². The number of aliphatic hydroxyl groups is 2. The van der Waals surface area contributed by atoms with E-state index in [0.717, 1.165) is 115 Å². The molecule has 0 saturated carbocycles. The summed E-state index contributed by atoms with van der Waals surface area (Å²) in [6, 6.07) is 2.92. The van der Waals surface area contributed by atoms with Gasteiger partial charge in [0.25, 0.3) is 0 Å². The van der Waals surface area contributed by atoms with Crippen LogP contribution in [0.2, 0.25) is 0 Å². The zero-order valence-corrected chi connectivity index (χ0v) is 77.0. The molecule has 11 atom stereocenters. The number of carboxylic acid groups (broad SMARTS) is 7. The third-order valence-corrected chi connectivity index (χ3v) is 22.0. The van der Waals surface area contributed by atoms with E-state index < -0.39 is 65.9 Å². The van der Waals surface area contributed by atoms with Gasteiger partial charge in [-0.25, -0.2) is 14.4 Å². The number of cyclic esters (lactones) is 2. The molecule has 1 saturated heterocycles. The summed E-state index contributed by atoms with van der Waals surface area (Å²) in [4.78, 5) is 142. The number of carbonyl (C=O) groups is 9. The van der Waals surface area contributed by atoms with Crippen LogP contribution in [0, 0.1) is 53.3 Å². The van der Waals surface area contributed by atoms with Crippen molar-refractivity contribution >= 4 is 72.2 Å². The minimum atomic E-state index is -1.03. The van der Waals surface area contributed by atoms with Gasteiger partial charge in [-0.3, -0.25) is 28.8 Å². The second-order valence-corrected chi connectivity index (χ2v) is 32.3. The number of aliphatic carboxylic acids is 6. The highest BCUT2D eigenvalue weighted by Crippen LogP contribution is 2.48. The molecule has 1 aromatic heterocycles. The molecule has 1 fully saturated rings. The van der Waals surface area contributed by atoms with Crippen molar-refractivity contribution in [2.45, 2.75) is 395 Å². The predicted octanol–water partition coefficient (Wildman–Crippen LogP) is 22.3. The first-order chi connectivity index (χ1) is 60.1. The Bertz CT molecular complexity index is 3050. The summed E-state index contributed by atoms with van der Waals surface area (Å²) in [5.41, 5.74) is 1.64. The molecule has 5 rings (SSSR count). The first kappa shape index (κ1) is 125. The van der Waals surface area contributed by atoms with Crippen LogP contribution in [0.5, 0.6) is 0 Å². The molecule has 9 N–H and O–H groups in total. The van der Waals surface area contributed by atoms with E-state index in [0.29, 0.717) is 80.0 Å². The topological polar surface area (TPSA) is 470 Å². The molecule has 27 heteroatoms. The first-order valence-electron chi connectivity index (χ1n) is 46.6. The number of esters is 2. The molecule has 4 aliphatic rings. The molecule has 0 spiro atoms. The van der Waals surface area contributed by atoms with Crippen LogP contribution in [0.3, 0.4) is 0 Å². The minimum Gasteiger partial charge on any atom is -0.481 e. The van der Waals surface area contributed by atoms with Gasteiger partial charge in [0.15, 0.2) is 12.2 Å². The number of fused-ring (bicyclic) bond motifs is 1. The van der Waals surface area contributed by atoms with Gasteiger partial charge < -0.3 is 59.8 Å². The van der Waals surface area contributed by atoms with Crippen LogP contribution in [0.1, 0.15) is 393 Å². The van der Waals surface area contributed by atoms with Gasteiger partial charge in [0.1, 0.15) is 0 Å². The van der Waals surface area contributed by atoms with Gasteiger partial charge in [-0.05, 0) is 170 Å². The lowest BCUT2D eigenvalue weighted by Gasteiger charge is -2.41. The zero-order valence-electron chi connectivity index (χ0n) is 77.0. The Kier molecular flexibility index (Phi) is 91.3. The van der Waals surface area contributed by atoms with Crippen LogP contribution in [0.4, 0.5) is 0 Å². The van der Waals surface area contributed by atoms with Crippen molar-refractivity contribution in [2.75, 3.05) is 13.2 Å². The van der Waals surface area contributed by atoms with Crippen molar-refractivity contribution in [1.29, 1.82) is 0 Å². The molecule has 0 amide bonds. The number of rotatable bonds is 59. The molecule has 1 aromatic rings. The van der Waals surface area contributed by atoms with Crippen LogP contribution in [-0.4, -0.2) is 144 Å². The summed E-state index contributed by atoms with van der Waals surface area (Å²) in [6.45, 7) is 18.1. The SMILES string of the molecule is C=CC1C2=CC(CCCCCCCC(=O)O)C(CCCCCCCC(=O)O)CC2C=CC1CCCCCC.CC1OC(=O)C(C)OC1=O.CCC(=O)O.CCCCCCC1C=CC(CCCCCCCC(=O)O)C(/C=C/CCCCCCC(=O)O)C1CCCCCC.CCCCCCCCC(=O)O.O=C(O)c1ccco1.O=C=O.O=C=O.O=C=O.OCCCO. The monoisotopic (exact) mass is 1770 g/mol. The van der Waals surface area contributed by atoms with Crippen molar-refractivity contribution in [1.82, 2.24) is 0 Å². The number of hydrogen-bond acceptors (Lipinski definition) is 20. The van der Waals surface area contributed by atoms with Gasteiger partial charge in [-0.2, -0.15) is 28.8 Å². The van der Waals surface area contributed by atoms with Crippen molar-refractivity contribution in [3.63, 3.8) is 0 Å². The van der Waals surface area contributed by atoms with E-state index in [4.69, 9.17) is 74.7 Å². The van der Waals surface area contributed by atoms with Gasteiger partial charge in [0, 0.05) is 57.7 Å². The Balaban J connectivity index is -0.000000504. The Hall–Kier alpha value is -8.73. The minimum absolute atomic E-state index is 0.0231. The number of unbranched alkanes of at least 4 members (excludes halogenated alkanes) is 30. The number of aliphatic hydroxyl groups excluding tert-OH is 2. The molecule has 0 bridgehead atoms. The van der Waals surface area contributed by atoms with Crippen molar-refractivity contribution in [2.24, 2.45) is 53.3 Å². The number of ether oxygens (including phenoxy) is 2. The number of carboxylic acids is 7. The van der Waals surface area contributed by atoms with E-state index in [-0.39, 0.29) is 43.8 Å². The van der Waals surface area contributed by atoms with Crippen LogP contribution in [-0.2, 0) is 76.6 Å². The van der Waals surface area contributed by atoms with Crippen LogP contribution < -0.4 is 0 Å². The normalized spacial score (nSPS) is 19.0. The van der Waals surface area contributed by atoms with E-state index in [2.05, 4.69) is 96.8 Å². The average Bonchev–Trinajstić information content (AvgIpc) is 0.855. The maximum Gasteiger partial charge on any atom is 0.373 e.